The minimum absolute atomic E-state index is 0.0202. The minimum Gasteiger partial charge on any atom is -0.324 e. The molecule has 1 atom stereocenters. The van der Waals surface area contributed by atoms with Crippen molar-refractivity contribution in [3.05, 3.63) is 34.1 Å². The SMILES string of the molecule is NC(CCC1CC1)c1ccc(Br)c(F)c1. The summed E-state index contributed by atoms with van der Waals surface area (Å²) in [4.78, 5) is 0. The monoisotopic (exact) mass is 271 g/mol. The highest BCUT2D eigenvalue weighted by Crippen LogP contribution is 2.35. The molecule has 0 heterocycles. The van der Waals surface area contributed by atoms with E-state index in [1.165, 1.54) is 25.3 Å². The summed E-state index contributed by atoms with van der Waals surface area (Å²) in [5.74, 6) is 0.658. The van der Waals surface area contributed by atoms with E-state index in [2.05, 4.69) is 15.9 Å². The van der Waals surface area contributed by atoms with Gasteiger partial charge in [0.2, 0.25) is 0 Å². The third-order valence-electron chi connectivity index (χ3n) is 2.95. The van der Waals surface area contributed by atoms with Gasteiger partial charge in [-0.1, -0.05) is 18.9 Å². The van der Waals surface area contributed by atoms with Crippen molar-refractivity contribution in [1.82, 2.24) is 0 Å². The van der Waals surface area contributed by atoms with Crippen LogP contribution in [0.1, 0.15) is 37.3 Å². The topological polar surface area (TPSA) is 26.0 Å². The fourth-order valence-corrected chi connectivity index (χ4v) is 1.98. The van der Waals surface area contributed by atoms with Crippen molar-refractivity contribution in [3.8, 4) is 0 Å². The normalized spacial score (nSPS) is 17.8. The van der Waals surface area contributed by atoms with E-state index < -0.39 is 0 Å². The second-order valence-electron chi connectivity index (χ2n) is 4.30. The van der Waals surface area contributed by atoms with Crippen LogP contribution in [-0.2, 0) is 0 Å². The highest BCUT2D eigenvalue weighted by atomic mass is 79.9. The molecule has 0 aromatic heterocycles. The van der Waals surface area contributed by atoms with Gasteiger partial charge >= 0.3 is 0 Å². The molecule has 82 valence electrons. The Bertz CT molecular complexity index is 349. The Balaban J connectivity index is 1.97. The zero-order chi connectivity index (χ0) is 10.8. The Morgan fingerprint density at radius 1 is 1.47 bits per heavy atom. The van der Waals surface area contributed by atoms with Gasteiger partial charge in [0.15, 0.2) is 0 Å². The lowest BCUT2D eigenvalue weighted by atomic mass is 10.0. The number of hydrogen-bond acceptors (Lipinski definition) is 1. The molecule has 0 radical (unpaired) electrons. The van der Waals surface area contributed by atoms with Crippen LogP contribution in [0.4, 0.5) is 4.39 Å². The van der Waals surface area contributed by atoms with Gasteiger partial charge in [0.25, 0.3) is 0 Å². The van der Waals surface area contributed by atoms with Crippen LogP contribution in [-0.4, -0.2) is 0 Å². The van der Waals surface area contributed by atoms with Gasteiger partial charge in [0, 0.05) is 6.04 Å². The molecule has 1 unspecified atom stereocenters. The average molecular weight is 272 g/mol. The standard InChI is InChI=1S/C12H15BrFN/c13-10-5-4-9(7-11(10)14)12(15)6-3-8-1-2-8/h4-5,7-8,12H,1-3,6,15H2. The molecule has 0 spiro atoms. The van der Waals surface area contributed by atoms with Crippen molar-refractivity contribution in [2.45, 2.75) is 31.7 Å². The molecule has 1 saturated carbocycles. The number of hydrogen-bond donors (Lipinski definition) is 1. The third-order valence-corrected chi connectivity index (χ3v) is 3.60. The van der Waals surface area contributed by atoms with Gasteiger partial charge in [0.05, 0.1) is 4.47 Å². The van der Waals surface area contributed by atoms with E-state index in [1.807, 2.05) is 6.07 Å². The number of benzene rings is 1. The van der Waals surface area contributed by atoms with Crippen LogP contribution in [0.15, 0.2) is 22.7 Å². The lowest BCUT2D eigenvalue weighted by Gasteiger charge is -2.12. The van der Waals surface area contributed by atoms with Crippen LogP contribution in [0.2, 0.25) is 0 Å². The third kappa shape index (κ3) is 3.02. The van der Waals surface area contributed by atoms with Crippen LogP contribution in [0.5, 0.6) is 0 Å². The highest BCUT2D eigenvalue weighted by Gasteiger charge is 2.22. The lowest BCUT2D eigenvalue weighted by Crippen LogP contribution is -2.10. The predicted molar refractivity (Wildman–Crippen MR) is 63.0 cm³/mol. The largest absolute Gasteiger partial charge is 0.324 e. The van der Waals surface area contributed by atoms with E-state index in [0.29, 0.717) is 4.47 Å². The Morgan fingerprint density at radius 2 is 2.20 bits per heavy atom. The van der Waals surface area contributed by atoms with E-state index in [-0.39, 0.29) is 11.9 Å². The second kappa shape index (κ2) is 4.62. The van der Waals surface area contributed by atoms with Crippen molar-refractivity contribution in [2.75, 3.05) is 0 Å². The van der Waals surface area contributed by atoms with Gasteiger partial charge < -0.3 is 5.73 Å². The molecule has 0 aliphatic heterocycles. The maximum atomic E-state index is 13.2. The molecule has 1 aromatic carbocycles. The summed E-state index contributed by atoms with van der Waals surface area (Å²) in [6, 6.07) is 5.13. The van der Waals surface area contributed by atoms with Gasteiger partial charge in [-0.25, -0.2) is 4.39 Å². The van der Waals surface area contributed by atoms with Crippen molar-refractivity contribution in [3.63, 3.8) is 0 Å². The van der Waals surface area contributed by atoms with Gasteiger partial charge in [-0.3, -0.25) is 0 Å². The first kappa shape index (κ1) is 11.1. The second-order valence-corrected chi connectivity index (χ2v) is 5.16. The molecule has 1 fully saturated rings. The number of rotatable bonds is 4. The molecule has 2 N–H and O–H groups in total. The maximum absolute atomic E-state index is 13.2. The van der Waals surface area contributed by atoms with Crippen molar-refractivity contribution in [2.24, 2.45) is 11.7 Å². The highest BCUT2D eigenvalue weighted by molar-refractivity contribution is 9.10. The van der Waals surface area contributed by atoms with Crippen LogP contribution >= 0.6 is 15.9 Å². The maximum Gasteiger partial charge on any atom is 0.137 e. The summed E-state index contributed by atoms with van der Waals surface area (Å²) in [5, 5.41) is 0. The summed E-state index contributed by atoms with van der Waals surface area (Å²) >= 11 is 3.13. The lowest BCUT2D eigenvalue weighted by molar-refractivity contribution is 0.566. The van der Waals surface area contributed by atoms with E-state index in [9.17, 15) is 4.39 Å². The van der Waals surface area contributed by atoms with E-state index in [4.69, 9.17) is 5.73 Å². The zero-order valence-corrected chi connectivity index (χ0v) is 10.1. The predicted octanol–water partition coefficient (Wildman–Crippen LogP) is 3.78. The average Bonchev–Trinajstić information content (AvgIpc) is 3.02. The zero-order valence-electron chi connectivity index (χ0n) is 8.55. The van der Waals surface area contributed by atoms with Crippen molar-refractivity contribution >= 4 is 15.9 Å². The molecule has 0 bridgehead atoms. The Labute approximate surface area is 98.0 Å². The fraction of sp³-hybridized carbons (Fsp3) is 0.500. The Hall–Kier alpha value is -0.410. The summed E-state index contributed by atoms with van der Waals surface area (Å²) in [6.07, 6.45) is 4.84. The van der Waals surface area contributed by atoms with Gasteiger partial charge in [-0.15, -0.1) is 0 Å². The van der Waals surface area contributed by atoms with Crippen LogP contribution in [0, 0.1) is 11.7 Å². The molecular formula is C12H15BrFN. The van der Waals surface area contributed by atoms with E-state index in [0.717, 1.165) is 17.9 Å². The molecule has 0 saturated heterocycles. The molecular weight excluding hydrogens is 257 g/mol. The van der Waals surface area contributed by atoms with Crippen molar-refractivity contribution < 1.29 is 4.39 Å². The Kier molecular flexibility index (Phi) is 3.42. The van der Waals surface area contributed by atoms with Crippen LogP contribution in [0.25, 0.3) is 0 Å². The number of halogens is 2. The first-order chi connectivity index (χ1) is 7.16. The van der Waals surface area contributed by atoms with Crippen LogP contribution < -0.4 is 5.73 Å². The Morgan fingerprint density at radius 3 is 2.80 bits per heavy atom. The molecule has 3 heteroatoms. The molecule has 15 heavy (non-hydrogen) atoms. The molecule has 1 aliphatic carbocycles. The smallest absolute Gasteiger partial charge is 0.137 e. The van der Waals surface area contributed by atoms with Gasteiger partial charge in [0.1, 0.15) is 5.82 Å². The quantitative estimate of drug-likeness (QED) is 0.886. The van der Waals surface area contributed by atoms with E-state index >= 15 is 0 Å². The molecule has 1 nitrogen and oxygen atoms in total. The summed E-state index contributed by atoms with van der Waals surface area (Å²) in [7, 11) is 0. The molecule has 2 rings (SSSR count). The molecule has 0 amide bonds. The van der Waals surface area contributed by atoms with Crippen LogP contribution in [0.3, 0.4) is 0 Å². The minimum atomic E-state index is -0.227. The summed E-state index contributed by atoms with van der Waals surface area (Å²) in [5.41, 5.74) is 6.91. The van der Waals surface area contributed by atoms with E-state index in [1.54, 1.807) is 6.07 Å². The first-order valence-corrected chi connectivity index (χ1v) is 6.16. The molecule has 1 aromatic rings. The van der Waals surface area contributed by atoms with Gasteiger partial charge in [-0.05, 0) is 52.4 Å². The summed E-state index contributed by atoms with van der Waals surface area (Å²) in [6.45, 7) is 0. The fourth-order valence-electron chi connectivity index (χ4n) is 1.73. The molecule has 1 aliphatic rings. The summed E-state index contributed by atoms with van der Waals surface area (Å²) < 4.78 is 13.7. The number of nitrogens with two attached hydrogens (primary N) is 1. The van der Waals surface area contributed by atoms with Gasteiger partial charge in [-0.2, -0.15) is 0 Å². The van der Waals surface area contributed by atoms with Crippen molar-refractivity contribution in [1.29, 1.82) is 0 Å². The first-order valence-electron chi connectivity index (χ1n) is 5.37.